The summed E-state index contributed by atoms with van der Waals surface area (Å²) in [6.45, 7) is 0.311. The van der Waals surface area contributed by atoms with Gasteiger partial charge in [0.2, 0.25) is 0 Å². The van der Waals surface area contributed by atoms with Crippen LogP contribution in [0.5, 0.6) is 0 Å². The van der Waals surface area contributed by atoms with Gasteiger partial charge < -0.3 is 14.7 Å². The topological polar surface area (TPSA) is 73.6 Å². The Morgan fingerprint density at radius 3 is 2.17 bits per heavy atom. The van der Waals surface area contributed by atoms with E-state index in [2.05, 4.69) is 30.3 Å². The van der Waals surface area contributed by atoms with Gasteiger partial charge in [0.25, 0.3) is 0 Å². The quantitative estimate of drug-likeness (QED) is 0.855. The van der Waals surface area contributed by atoms with Crippen LogP contribution in [-0.2, 0) is 4.74 Å². The molecule has 2 bridgehead atoms. The average molecular weight is 388 g/mol. The minimum absolute atomic E-state index is 0.0391. The highest BCUT2D eigenvalue weighted by molar-refractivity contribution is 5.79. The van der Waals surface area contributed by atoms with E-state index in [1.54, 1.807) is 0 Å². The van der Waals surface area contributed by atoms with Crippen molar-refractivity contribution in [3.63, 3.8) is 0 Å². The molecule has 0 radical (unpaired) electrons. The average Bonchev–Trinajstić information content (AvgIpc) is 3.19. The zero-order chi connectivity index (χ0) is 20.0. The van der Waals surface area contributed by atoms with Gasteiger partial charge in [0.15, 0.2) is 0 Å². The van der Waals surface area contributed by atoms with Crippen molar-refractivity contribution in [1.82, 2.24) is 4.90 Å². The third-order valence-electron chi connectivity index (χ3n) is 6.81. The predicted molar refractivity (Wildman–Crippen MR) is 108 cm³/mol. The smallest absolute Gasteiger partial charge is 0.410 e. The number of benzene rings is 2. The van der Waals surface area contributed by atoms with Crippen molar-refractivity contribution in [2.75, 3.05) is 6.61 Å². The molecule has 2 aromatic rings. The first-order valence-electron chi connectivity index (χ1n) is 10.3. The third-order valence-corrected chi connectivity index (χ3v) is 6.81. The van der Waals surface area contributed by atoms with Gasteiger partial charge in [0, 0.05) is 18.0 Å². The van der Waals surface area contributed by atoms with E-state index >= 15 is 0 Å². The molecule has 29 heavy (non-hydrogen) atoms. The van der Waals surface area contributed by atoms with E-state index < -0.39 is 5.60 Å². The van der Waals surface area contributed by atoms with Crippen molar-refractivity contribution >= 4 is 6.09 Å². The Balaban J connectivity index is 1.32. The normalized spacial score (nSPS) is 27.2. The molecular formula is C24H24N2O3. The molecule has 2 saturated heterocycles. The van der Waals surface area contributed by atoms with E-state index in [0.29, 0.717) is 19.4 Å². The molecule has 3 aliphatic rings. The molecule has 2 aliphatic heterocycles. The van der Waals surface area contributed by atoms with Crippen LogP contribution in [0.3, 0.4) is 0 Å². The maximum absolute atomic E-state index is 13.0. The molecular weight excluding hydrogens is 364 g/mol. The van der Waals surface area contributed by atoms with E-state index in [9.17, 15) is 9.90 Å². The highest BCUT2D eigenvalue weighted by Gasteiger charge is 2.50. The summed E-state index contributed by atoms with van der Waals surface area (Å²) in [4.78, 5) is 14.8. The van der Waals surface area contributed by atoms with Crippen molar-refractivity contribution in [2.45, 2.75) is 55.7 Å². The summed E-state index contributed by atoms with van der Waals surface area (Å²) in [5, 5.41) is 19.7. The second kappa shape index (κ2) is 6.89. The highest BCUT2D eigenvalue weighted by Crippen LogP contribution is 2.45. The molecule has 1 N–H and O–H groups in total. The summed E-state index contributed by atoms with van der Waals surface area (Å²) in [5.74, 6) is 0.0457. The molecule has 2 unspecified atom stereocenters. The standard InChI is InChI=1S/C24H24N2O3/c25-12-11-24(28)13-16-9-10-17(14-24)26(16)23(27)29-15-22-20-7-3-1-5-18(20)19-6-2-4-8-21(19)22/h1-8,16-17,22,28H,9-11,13-15H2. The molecule has 0 saturated carbocycles. The van der Waals surface area contributed by atoms with Crippen molar-refractivity contribution in [3.05, 3.63) is 59.7 Å². The fraction of sp³-hybridized carbons (Fsp3) is 0.417. The number of rotatable bonds is 3. The summed E-state index contributed by atoms with van der Waals surface area (Å²) < 4.78 is 5.83. The van der Waals surface area contributed by atoms with Gasteiger partial charge in [-0.3, -0.25) is 0 Å². The maximum atomic E-state index is 13.0. The molecule has 2 atom stereocenters. The summed E-state index contributed by atoms with van der Waals surface area (Å²) in [6, 6.07) is 18.6. The number of carbonyl (C=O) groups excluding carboxylic acids is 1. The first kappa shape index (κ1) is 18.2. The Morgan fingerprint density at radius 1 is 1.07 bits per heavy atom. The second-order valence-corrected chi connectivity index (χ2v) is 8.56. The fourth-order valence-corrected chi connectivity index (χ4v) is 5.58. The van der Waals surface area contributed by atoms with E-state index in [1.165, 1.54) is 22.3 Å². The number of nitriles is 1. The molecule has 2 aromatic carbocycles. The van der Waals surface area contributed by atoms with Crippen LogP contribution in [0, 0.1) is 11.3 Å². The Kier molecular flexibility index (Phi) is 4.33. The summed E-state index contributed by atoms with van der Waals surface area (Å²) in [5.41, 5.74) is 3.85. The van der Waals surface area contributed by atoms with Crippen molar-refractivity contribution < 1.29 is 14.6 Å². The van der Waals surface area contributed by atoms with Crippen LogP contribution in [-0.4, -0.2) is 40.4 Å². The number of hydrogen-bond acceptors (Lipinski definition) is 4. The first-order valence-corrected chi connectivity index (χ1v) is 10.3. The SMILES string of the molecule is N#CCC1(O)CC2CCC(C1)N2C(=O)OCC1c2ccccc2-c2ccccc21. The highest BCUT2D eigenvalue weighted by atomic mass is 16.6. The lowest BCUT2D eigenvalue weighted by Gasteiger charge is -2.42. The molecule has 148 valence electrons. The van der Waals surface area contributed by atoms with Crippen molar-refractivity contribution in [2.24, 2.45) is 0 Å². The van der Waals surface area contributed by atoms with Gasteiger partial charge in [0.05, 0.1) is 18.1 Å². The van der Waals surface area contributed by atoms with Gasteiger partial charge in [0.1, 0.15) is 6.61 Å². The summed E-state index contributed by atoms with van der Waals surface area (Å²) in [6.07, 6.45) is 2.48. The van der Waals surface area contributed by atoms with Crippen LogP contribution in [0.1, 0.15) is 49.1 Å². The van der Waals surface area contributed by atoms with Gasteiger partial charge in [-0.05, 0) is 47.9 Å². The van der Waals surface area contributed by atoms with Crippen LogP contribution in [0.15, 0.2) is 48.5 Å². The van der Waals surface area contributed by atoms with Crippen molar-refractivity contribution in [3.8, 4) is 17.2 Å². The number of hydrogen-bond donors (Lipinski definition) is 1. The molecule has 5 heteroatoms. The maximum Gasteiger partial charge on any atom is 0.410 e. The molecule has 0 aromatic heterocycles. The molecule has 5 nitrogen and oxygen atoms in total. The van der Waals surface area contributed by atoms with Gasteiger partial charge in [-0.25, -0.2) is 4.79 Å². The number of ether oxygens (including phenoxy) is 1. The monoisotopic (exact) mass is 388 g/mol. The van der Waals surface area contributed by atoms with E-state index in [1.807, 2.05) is 29.2 Å². The van der Waals surface area contributed by atoms with Crippen LogP contribution in [0.2, 0.25) is 0 Å². The zero-order valence-electron chi connectivity index (χ0n) is 16.3. The number of carbonyl (C=O) groups is 1. The molecule has 1 amide bonds. The summed E-state index contributed by atoms with van der Waals surface area (Å²) >= 11 is 0. The van der Waals surface area contributed by atoms with Crippen LogP contribution in [0.4, 0.5) is 4.79 Å². The Hall–Kier alpha value is -2.84. The van der Waals surface area contributed by atoms with E-state index in [0.717, 1.165) is 12.8 Å². The lowest BCUT2D eigenvalue weighted by molar-refractivity contribution is -0.0451. The number of aliphatic hydroxyl groups is 1. The minimum atomic E-state index is -0.972. The molecule has 2 heterocycles. The Labute approximate surface area is 170 Å². The Bertz CT molecular complexity index is 936. The van der Waals surface area contributed by atoms with Gasteiger partial charge in [-0.2, -0.15) is 5.26 Å². The zero-order valence-corrected chi connectivity index (χ0v) is 16.3. The third kappa shape index (κ3) is 2.99. The number of piperidine rings is 1. The van der Waals surface area contributed by atoms with Crippen LogP contribution >= 0.6 is 0 Å². The minimum Gasteiger partial charge on any atom is -0.448 e. The number of fused-ring (bicyclic) bond motifs is 5. The first-order chi connectivity index (χ1) is 14.1. The molecule has 2 fully saturated rings. The fourth-order valence-electron chi connectivity index (χ4n) is 5.58. The number of nitrogens with zero attached hydrogens (tertiary/aromatic N) is 2. The summed E-state index contributed by atoms with van der Waals surface area (Å²) in [7, 11) is 0. The second-order valence-electron chi connectivity index (χ2n) is 8.56. The molecule has 5 rings (SSSR count). The van der Waals surface area contributed by atoms with Crippen LogP contribution < -0.4 is 0 Å². The van der Waals surface area contributed by atoms with Gasteiger partial charge in [-0.15, -0.1) is 0 Å². The molecule has 0 spiro atoms. The number of amides is 1. The van der Waals surface area contributed by atoms with Crippen LogP contribution in [0.25, 0.3) is 11.1 Å². The van der Waals surface area contributed by atoms with Gasteiger partial charge >= 0.3 is 6.09 Å². The predicted octanol–water partition coefficient (Wildman–Crippen LogP) is 4.21. The molecule has 1 aliphatic carbocycles. The van der Waals surface area contributed by atoms with Gasteiger partial charge in [-0.1, -0.05) is 48.5 Å². The Morgan fingerprint density at radius 2 is 1.62 bits per heavy atom. The van der Waals surface area contributed by atoms with Crippen molar-refractivity contribution in [1.29, 1.82) is 5.26 Å². The van der Waals surface area contributed by atoms with E-state index in [4.69, 9.17) is 10.00 Å². The lowest BCUT2D eigenvalue weighted by Crippen LogP contribution is -2.53. The lowest BCUT2D eigenvalue weighted by atomic mass is 9.84. The largest absolute Gasteiger partial charge is 0.448 e. The van der Waals surface area contributed by atoms with E-state index in [-0.39, 0.29) is 30.5 Å².